The number of nitrogens with one attached hydrogen (secondary N) is 1. The van der Waals surface area contributed by atoms with Gasteiger partial charge in [0.1, 0.15) is 0 Å². The largest absolute Gasteiger partial charge is 0.418 e. The van der Waals surface area contributed by atoms with Gasteiger partial charge < -0.3 is 16.2 Å². The Morgan fingerprint density at radius 3 is 2.68 bits per heavy atom. The molecular weight excluding hydrogens is 281 g/mol. The normalized spacial score (nSPS) is 11.4. The number of thioether (sulfide) groups is 1. The van der Waals surface area contributed by atoms with Crippen LogP contribution in [0.4, 0.5) is 24.5 Å². The number of anilines is 2. The van der Waals surface area contributed by atoms with Gasteiger partial charge in [0.15, 0.2) is 0 Å². The second kappa shape index (κ2) is 6.67. The lowest BCUT2D eigenvalue weighted by Gasteiger charge is -2.12. The average Bonchev–Trinajstić information content (AvgIpc) is 2.30. The van der Waals surface area contributed by atoms with E-state index < -0.39 is 17.6 Å². The van der Waals surface area contributed by atoms with Crippen molar-refractivity contribution in [3.8, 4) is 0 Å². The van der Waals surface area contributed by atoms with Crippen molar-refractivity contribution in [2.24, 2.45) is 0 Å². The molecule has 0 aliphatic carbocycles. The topological polar surface area (TPSA) is 75.3 Å². The number of amides is 1. The number of nitrogen functional groups attached to an aromatic ring is 1. The van der Waals surface area contributed by atoms with Crippen molar-refractivity contribution in [1.29, 1.82) is 0 Å². The van der Waals surface area contributed by atoms with Crippen LogP contribution < -0.4 is 11.1 Å². The van der Waals surface area contributed by atoms with Crippen LogP contribution in [0.25, 0.3) is 0 Å². The molecule has 0 unspecified atom stereocenters. The van der Waals surface area contributed by atoms with E-state index in [2.05, 4.69) is 5.32 Å². The Balaban J connectivity index is 2.72. The minimum absolute atomic E-state index is 0.0381. The Bertz CT molecular complexity index is 452. The number of alkyl halides is 3. The molecule has 1 rings (SSSR count). The summed E-state index contributed by atoms with van der Waals surface area (Å²) in [6.45, 7) is -0.0575. The van der Waals surface area contributed by atoms with E-state index in [9.17, 15) is 18.0 Å². The monoisotopic (exact) mass is 294 g/mol. The molecule has 0 bridgehead atoms. The number of hydrogen-bond donors (Lipinski definition) is 3. The molecule has 0 atom stereocenters. The molecule has 0 saturated carbocycles. The number of carbonyl (C=O) groups excluding carboxylic acids is 1. The molecule has 106 valence electrons. The van der Waals surface area contributed by atoms with E-state index in [1.807, 2.05) is 0 Å². The lowest BCUT2D eigenvalue weighted by Crippen LogP contribution is -2.16. The van der Waals surface area contributed by atoms with Gasteiger partial charge in [0.25, 0.3) is 0 Å². The van der Waals surface area contributed by atoms with Crippen LogP contribution in [0, 0.1) is 0 Å². The number of benzene rings is 1. The maximum absolute atomic E-state index is 12.6. The van der Waals surface area contributed by atoms with E-state index >= 15 is 0 Å². The third-order valence-electron chi connectivity index (χ3n) is 2.11. The second-order valence-electron chi connectivity index (χ2n) is 3.62. The van der Waals surface area contributed by atoms with Crippen molar-refractivity contribution in [1.82, 2.24) is 0 Å². The standard InChI is InChI=1S/C11H13F3N2O2S/c12-11(13,14)8-5-7(1-2-9(8)15)16-10(18)6-19-4-3-17/h1-2,5,17H,3-4,6,15H2,(H,16,18). The zero-order valence-corrected chi connectivity index (χ0v) is 10.6. The Hall–Kier alpha value is -1.41. The molecule has 1 aromatic carbocycles. The summed E-state index contributed by atoms with van der Waals surface area (Å²) in [5.74, 6) is 0.0197. The molecule has 0 aliphatic rings. The quantitative estimate of drug-likeness (QED) is 0.573. The van der Waals surface area contributed by atoms with Gasteiger partial charge >= 0.3 is 6.18 Å². The fraction of sp³-hybridized carbons (Fsp3) is 0.364. The maximum Gasteiger partial charge on any atom is 0.418 e. The summed E-state index contributed by atoms with van der Waals surface area (Å²) >= 11 is 1.18. The van der Waals surface area contributed by atoms with Crippen LogP contribution >= 0.6 is 11.8 Å². The average molecular weight is 294 g/mol. The molecule has 0 aromatic heterocycles. The Morgan fingerprint density at radius 1 is 1.42 bits per heavy atom. The molecule has 0 spiro atoms. The van der Waals surface area contributed by atoms with Crippen LogP contribution in [0.2, 0.25) is 0 Å². The molecule has 1 aromatic rings. The maximum atomic E-state index is 12.6. The van der Waals surface area contributed by atoms with Crippen LogP contribution in [-0.4, -0.2) is 29.1 Å². The molecule has 0 saturated heterocycles. The van der Waals surface area contributed by atoms with Crippen LogP contribution in [0.15, 0.2) is 18.2 Å². The summed E-state index contributed by atoms with van der Waals surface area (Å²) in [5, 5.41) is 10.9. The number of aliphatic hydroxyl groups is 1. The van der Waals surface area contributed by atoms with Gasteiger partial charge in [0, 0.05) is 17.1 Å². The smallest absolute Gasteiger partial charge is 0.398 e. The molecule has 0 fully saturated rings. The molecule has 4 nitrogen and oxygen atoms in total. The van der Waals surface area contributed by atoms with E-state index in [1.54, 1.807) is 0 Å². The molecule has 0 aliphatic heterocycles. The first kappa shape index (κ1) is 15.6. The Morgan fingerprint density at radius 2 is 2.11 bits per heavy atom. The van der Waals surface area contributed by atoms with Crippen molar-refractivity contribution in [3.05, 3.63) is 23.8 Å². The van der Waals surface area contributed by atoms with Gasteiger partial charge in [0.2, 0.25) is 5.91 Å². The number of halogens is 3. The van der Waals surface area contributed by atoms with Crippen molar-refractivity contribution < 1.29 is 23.1 Å². The molecule has 19 heavy (non-hydrogen) atoms. The molecule has 1 amide bonds. The van der Waals surface area contributed by atoms with Gasteiger partial charge in [-0.05, 0) is 18.2 Å². The van der Waals surface area contributed by atoms with Gasteiger partial charge in [-0.3, -0.25) is 4.79 Å². The summed E-state index contributed by atoms with van der Waals surface area (Å²) in [5.41, 5.74) is 3.91. The minimum Gasteiger partial charge on any atom is -0.398 e. The number of carbonyl (C=O) groups is 1. The molecule has 8 heteroatoms. The van der Waals surface area contributed by atoms with Crippen LogP contribution in [0.3, 0.4) is 0 Å². The summed E-state index contributed by atoms with van der Waals surface area (Å²) in [6.07, 6.45) is -4.56. The fourth-order valence-electron chi connectivity index (χ4n) is 1.31. The highest BCUT2D eigenvalue weighted by Gasteiger charge is 2.33. The third kappa shape index (κ3) is 4.99. The zero-order chi connectivity index (χ0) is 14.5. The van der Waals surface area contributed by atoms with E-state index in [-0.39, 0.29) is 23.7 Å². The summed E-state index contributed by atoms with van der Waals surface area (Å²) in [7, 11) is 0. The van der Waals surface area contributed by atoms with Gasteiger partial charge in [-0.15, -0.1) is 11.8 Å². The molecule has 0 radical (unpaired) electrons. The van der Waals surface area contributed by atoms with E-state index in [1.165, 1.54) is 17.8 Å². The Kier molecular flexibility index (Phi) is 5.49. The molecule has 0 heterocycles. The van der Waals surface area contributed by atoms with Gasteiger partial charge in [-0.25, -0.2) is 0 Å². The highest BCUT2D eigenvalue weighted by Crippen LogP contribution is 2.35. The van der Waals surface area contributed by atoms with Crippen molar-refractivity contribution >= 4 is 29.0 Å². The van der Waals surface area contributed by atoms with Gasteiger partial charge in [0.05, 0.1) is 17.9 Å². The van der Waals surface area contributed by atoms with Gasteiger partial charge in [-0.1, -0.05) is 0 Å². The van der Waals surface area contributed by atoms with Crippen LogP contribution in [-0.2, 0) is 11.0 Å². The molecule has 4 N–H and O–H groups in total. The SMILES string of the molecule is Nc1ccc(NC(=O)CSCCO)cc1C(F)(F)F. The number of aliphatic hydroxyl groups excluding tert-OH is 1. The fourth-order valence-corrected chi connectivity index (χ4v) is 1.84. The minimum atomic E-state index is -4.56. The first-order chi connectivity index (χ1) is 8.84. The highest BCUT2D eigenvalue weighted by atomic mass is 32.2. The zero-order valence-electron chi connectivity index (χ0n) is 9.83. The first-order valence-electron chi connectivity index (χ1n) is 5.29. The van der Waals surface area contributed by atoms with Crippen molar-refractivity contribution in [2.75, 3.05) is 29.2 Å². The van der Waals surface area contributed by atoms with E-state index in [4.69, 9.17) is 10.8 Å². The van der Waals surface area contributed by atoms with Crippen molar-refractivity contribution in [2.45, 2.75) is 6.18 Å². The van der Waals surface area contributed by atoms with Gasteiger partial charge in [-0.2, -0.15) is 13.2 Å². The third-order valence-corrected chi connectivity index (χ3v) is 3.05. The molecular formula is C11H13F3N2O2S. The number of nitrogens with two attached hydrogens (primary N) is 1. The predicted octanol–water partition coefficient (Wildman–Crippen LogP) is 1.95. The van der Waals surface area contributed by atoms with E-state index in [0.717, 1.165) is 12.1 Å². The van der Waals surface area contributed by atoms with Crippen LogP contribution in [0.1, 0.15) is 5.56 Å². The summed E-state index contributed by atoms with van der Waals surface area (Å²) in [4.78, 5) is 11.4. The summed E-state index contributed by atoms with van der Waals surface area (Å²) in [6, 6.07) is 3.20. The van der Waals surface area contributed by atoms with E-state index in [0.29, 0.717) is 5.75 Å². The lowest BCUT2D eigenvalue weighted by molar-refractivity contribution is -0.136. The Labute approximate surface area is 112 Å². The summed E-state index contributed by atoms with van der Waals surface area (Å²) < 4.78 is 37.8. The lowest BCUT2D eigenvalue weighted by atomic mass is 10.1. The second-order valence-corrected chi connectivity index (χ2v) is 4.73. The first-order valence-corrected chi connectivity index (χ1v) is 6.45. The van der Waals surface area contributed by atoms with Crippen molar-refractivity contribution in [3.63, 3.8) is 0 Å². The van der Waals surface area contributed by atoms with Crippen LogP contribution in [0.5, 0.6) is 0 Å². The highest BCUT2D eigenvalue weighted by molar-refractivity contribution is 7.99. The predicted molar refractivity (Wildman–Crippen MR) is 68.9 cm³/mol. The number of rotatable bonds is 5. The number of hydrogen-bond acceptors (Lipinski definition) is 4.